The van der Waals surface area contributed by atoms with Crippen molar-refractivity contribution in [3.63, 3.8) is 0 Å². The van der Waals surface area contributed by atoms with Crippen molar-refractivity contribution in [2.75, 3.05) is 0 Å². The number of phenols is 2. The van der Waals surface area contributed by atoms with Crippen LogP contribution in [0.4, 0.5) is 0 Å². The van der Waals surface area contributed by atoms with Crippen molar-refractivity contribution in [3.8, 4) is 56.0 Å². The van der Waals surface area contributed by atoms with Gasteiger partial charge in [0.15, 0.2) is 0 Å². The van der Waals surface area contributed by atoms with Gasteiger partial charge in [0.25, 0.3) is 0 Å². The number of hydrogen-bond acceptors (Lipinski definition) is 2. The fourth-order valence-corrected chi connectivity index (χ4v) is 7.65. The molecule has 0 atom stereocenters. The van der Waals surface area contributed by atoms with Crippen LogP contribution in [0.2, 0.25) is 0 Å². The predicted molar refractivity (Wildman–Crippen MR) is 237 cm³/mol. The molecule has 10 aromatic rings. The molecule has 0 spiro atoms. The number of benzene rings is 10. The Labute approximate surface area is 347 Å². The molecule has 276 valence electrons. The normalized spacial score (nSPS) is 10.8. The van der Waals surface area contributed by atoms with Gasteiger partial charge in [-0.15, -0.1) is 11.1 Å². The van der Waals surface area contributed by atoms with E-state index in [2.05, 4.69) is 97.1 Å². The Morgan fingerprint density at radius 3 is 0.982 bits per heavy atom. The molecule has 0 fully saturated rings. The molecule has 10 aromatic carbocycles. The first-order chi connectivity index (χ1) is 28.1. The Morgan fingerprint density at radius 2 is 0.632 bits per heavy atom. The molecule has 2 N–H and O–H groups in total. The second-order valence-electron chi connectivity index (χ2n) is 13.4. The molecule has 0 unspecified atom stereocenters. The molecule has 0 aliphatic rings. The number of phenolic OH excluding ortho intramolecular Hbond substituents is 2. The van der Waals surface area contributed by atoms with E-state index >= 15 is 0 Å². The van der Waals surface area contributed by atoms with Gasteiger partial charge in [-0.3, -0.25) is 0 Å². The van der Waals surface area contributed by atoms with Crippen LogP contribution in [-0.4, -0.2) is 10.2 Å². The summed E-state index contributed by atoms with van der Waals surface area (Å²) in [7, 11) is 9.71. The summed E-state index contributed by atoms with van der Waals surface area (Å²) in [6.45, 7) is 0. The summed E-state index contributed by atoms with van der Waals surface area (Å²) < 4.78 is 0. The van der Waals surface area contributed by atoms with E-state index in [4.69, 9.17) is 19.4 Å². The molecule has 0 aliphatic carbocycles. The third kappa shape index (κ3) is 7.76. The molecule has 0 saturated heterocycles. The van der Waals surface area contributed by atoms with Gasteiger partial charge in [0.05, 0.1) is 0 Å². The zero-order valence-corrected chi connectivity index (χ0v) is 33.7. The molecule has 0 bridgehead atoms. The third-order valence-corrected chi connectivity index (χ3v) is 10.1. The minimum absolute atomic E-state index is 0.189. The predicted octanol–water partition coefficient (Wildman–Crippen LogP) is 15.0. The zero-order chi connectivity index (χ0) is 39.1. The summed E-state index contributed by atoms with van der Waals surface area (Å²) >= 11 is -0.346. The van der Waals surface area contributed by atoms with Gasteiger partial charge in [0, 0.05) is 11.5 Å². The quantitative estimate of drug-likeness (QED) is 0.105. The van der Waals surface area contributed by atoms with Crippen LogP contribution in [-0.2, 0) is 15.1 Å². The second kappa shape index (κ2) is 17.5. The van der Waals surface area contributed by atoms with E-state index in [9.17, 15) is 10.2 Å². The van der Waals surface area contributed by atoms with E-state index in [1.54, 1.807) is 0 Å². The van der Waals surface area contributed by atoms with Gasteiger partial charge in [-0.25, -0.2) is 0 Å². The minimum atomic E-state index is -0.346. The van der Waals surface area contributed by atoms with Gasteiger partial charge in [0.2, 0.25) is 0 Å². The molecule has 0 saturated carbocycles. The number of rotatable bonds is 4. The first-order valence-corrected chi connectivity index (χ1v) is 22.8. The SMILES string of the molecule is Oc1[c-]c(-c2ccccc2)c(-c2ccccc2)c2c1ccc1ccccc12.Oc1[c-]c(-c2ccccc2)c(-c2ccccc2)c2c1ccc1ccccc12.[Cl][Ru+2][Cl]. The number of hydrogen-bond donors (Lipinski definition) is 2. The summed E-state index contributed by atoms with van der Waals surface area (Å²) in [6.07, 6.45) is 0. The first kappa shape index (κ1) is 37.9. The Bertz CT molecular complexity index is 2750. The van der Waals surface area contributed by atoms with Gasteiger partial charge in [0.1, 0.15) is 0 Å². The van der Waals surface area contributed by atoms with Crippen molar-refractivity contribution in [2.45, 2.75) is 0 Å². The van der Waals surface area contributed by atoms with E-state index in [-0.39, 0.29) is 26.6 Å². The number of halogens is 2. The van der Waals surface area contributed by atoms with E-state index in [0.717, 1.165) is 87.6 Å². The van der Waals surface area contributed by atoms with Crippen LogP contribution in [0.3, 0.4) is 0 Å². The van der Waals surface area contributed by atoms with Gasteiger partial charge in [-0.1, -0.05) is 261 Å². The van der Waals surface area contributed by atoms with Crippen molar-refractivity contribution in [1.29, 1.82) is 0 Å². The zero-order valence-electron chi connectivity index (χ0n) is 30.5. The van der Waals surface area contributed by atoms with Gasteiger partial charge in [-0.05, 0) is 21.5 Å². The van der Waals surface area contributed by atoms with Crippen molar-refractivity contribution >= 4 is 62.5 Å². The molecule has 0 aliphatic heterocycles. The summed E-state index contributed by atoms with van der Waals surface area (Å²) in [5, 5.41) is 29.9. The molecular formula is C52H34Cl2O2Ru. The molecule has 10 rings (SSSR count). The van der Waals surface area contributed by atoms with Crippen molar-refractivity contribution in [2.24, 2.45) is 0 Å². The van der Waals surface area contributed by atoms with Crippen molar-refractivity contribution in [3.05, 3.63) is 206 Å². The number of aromatic hydroxyl groups is 2. The fourth-order valence-electron chi connectivity index (χ4n) is 7.65. The molecular weight excluding hydrogens is 829 g/mol. The van der Waals surface area contributed by atoms with Gasteiger partial charge in [-0.2, -0.15) is 0 Å². The summed E-state index contributed by atoms with van der Waals surface area (Å²) in [5.74, 6) is 0.378. The second-order valence-corrected chi connectivity index (χ2v) is 16.0. The standard InChI is InChI=1S/2C26H17O.2ClH.Ru/c2*27-24-17-23(18-9-3-1-4-10-18)25(20-12-5-2-6-13-20)26-21-14-8-7-11-19(21)15-16-22(24)26;;;/h2*1-16,27H;2*1H;/q2*-1;;;+4/p-2. The molecule has 0 heterocycles. The summed E-state index contributed by atoms with van der Waals surface area (Å²) in [5.41, 5.74) is 8.37. The van der Waals surface area contributed by atoms with Crippen LogP contribution >= 0.6 is 19.4 Å². The van der Waals surface area contributed by atoms with Crippen LogP contribution in [0, 0.1) is 12.1 Å². The molecule has 0 amide bonds. The van der Waals surface area contributed by atoms with Gasteiger partial charge < -0.3 is 10.2 Å². The average molecular weight is 863 g/mol. The van der Waals surface area contributed by atoms with Crippen LogP contribution in [0.25, 0.3) is 87.6 Å². The van der Waals surface area contributed by atoms with Crippen LogP contribution in [0.5, 0.6) is 11.5 Å². The molecule has 57 heavy (non-hydrogen) atoms. The molecule has 0 aromatic heterocycles. The molecule has 2 nitrogen and oxygen atoms in total. The maximum absolute atomic E-state index is 10.8. The fraction of sp³-hybridized carbons (Fsp3) is 0. The van der Waals surface area contributed by atoms with Crippen molar-refractivity contribution < 1.29 is 25.4 Å². The van der Waals surface area contributed by atoms with E-state index < -0.39 is 0 Å². The average Bonchev–Trinajstić information content (AvgIpc) is 3.28. The summed E-state index contributed by atoms with van der Waals surface area (Å²) in [4.78, 5) is 0. The Hall–Kier alpha value is -5.96. The van der Waals surface area contributed by atoms with E-state index in [0.29, 0.717) is 0 Å². The van der Waals surface area contributed by atoms with Crippen LogP contribution < -0.4 is 0 Å². The maximum atomic E-state index is 10.8. The topological polar surface area (TPSA) is 40.5 Å². The first-order valence-electron chi connectivity index (χ1n) is 18.3. The molecule has 0 radical (unpaired) electrons. The Balaban J connectivity index is 0.000000150. The Morgan fingerprint density at radius 1 is 0.333 bits per heavy atom. The van der Waals surface area contributed by atoms with E-state index in [1.165, 1.54) is 0 Å². The third-order valence-electron chi connectivity index (χ3n) is 10.1. The van der Waals surface area contributed by atoms with Crippen LogP contribution in [0.15, 0.2) is 194 Å². The van der Waals surface area contributed by atoms with Gasteiger partial charge >= 0.3 is 34.5 Å². The van der Waals surface area contributed by atoms with E-state index in [1.807, 2.05) is 109 Å². The summed E-state index contributed by atoms with van der Waals surface area (Å²) in [6, 6.07) is 72.3. The van der Waals surface area contributed by atoms with Crippen LogP contribution in [0.1, 0.15) is 0 Å². The Kier molecular flexibility index (Phi) is 11.6. The van der Waals surface area contributed by atoms with Crippen molar-refractivity contribution in [1.82, 2.24) is 0 Å². The molecule has 5 heteroatoms. The number of fused-ring (bicyclic) bond motifs is 6. The monoisotopic (exact) mass is 862 g/mol.